The highest BCUT2D eigenvalue weighted by Crippen LogP contribution is 2.53. The molecule has 6 rings (SSSR count). The van der Waals surface area contributed by atoms with Crippen molar-refractivity contribution in [1.82, 2.24) is 10.6 Å². The number of allylic oxidation sites excluding steroid dienone is 2. The molecule has 67 heavy (non-hydrogen) atoms. The molecule has 0 radical (unpaired) electrons. The third-order valence-electron chi connectivity index (χ3n) is 10.8. The smallest absolute Gasteiger partial charge is 0.337 e. The number of hydrogen-bond acceptors (Lipinski definition) is 13. The molecule has 3 aromatic rings. The summed E-state index contributed by atoms with van der Waals surface area (Å²) < 4.78 is 106. The van der Waals surface area contributed by atoms with E-state index >= 15 is 0 Å². The number of amides is 2. The summed E-state index contributed by atoms with van der Waals surface area (Å²) in [6.45, 7) is 13.4. The van der Waals surface area contributed by atoms with Crippen LogP contribution in [0.3, 0.4) is 0 Å². The van der Waals surface area contributed by atoms with E-state index in [1.807, 2.05) is 0 Å². The summed E-state index contributed by atoms with van der Waals surface area (Å²) in [5.41, 5.74) is -2.27. The predicted molar refractivity (Wildman–Crippen MR) is 257 cm³/mol. The van der Waals surface area contributed by atoms with Crippen LogP contribution >= 0.6 is 46.6 Å². The number of carboxylic acid groups (broad SMARTS) is 1. The summed E-state index contributed by atoms with van der Waals surface area (Å²) in [6, 6.07) is 2.89. The number of anilines is 1. The van der Waals surface area contributed by atoms with Crippen molar-refractivity contribution in [2.45, 2.75) is 86.6 Å². The average molecular weight is 1060 g/mol. The summed E-state index contributed by atoms with van der Waals surface area (Å²) in [7, 11) is -14.1. The second-order valence-corrected chi connectivity index (χ2v) is 23.9. The number of hydrogen-bond donors (Lipinski definition) is 6. The van der Waals surface area contributed by atoms with E-state index in [4.69, 9.17) is 39.5 Å². The fraction of sp³-hybridized carbons (Fsp3) is 0.349. The molecule has 3 heterocycles. The van der Waals surface area contributed by atoms with E-state index < -0.39 is 95.5 Å². The maximum atomic E-state index is 13.6. The van der Waals surface area contributed by atoms with Crippen LogP contribution in [0.1, 0.15) is 93.4 Å². The third kappa shape index (κ3) is 10.7. The van der Waals surface area contributed by atoms with Gasteiger partial charge in [0.15, 0.2) is 31.1 Å². The van der Waals surface area contributed by atoms with Crippen molar-refractivity contribution < 1.29 is 58.6 Å². The molecule has 0 saturated carbocycles. The minimum Gasteiger partial charge on any atom is -0.478 e. The molecule has 3 aliphatic heterocycles. The predicted octanol–water partition coefficient (Wildman–Crippen LogP) is 6.67. The van der Waals surface area contributed by atoms with Crippen molar-refractivity contribution in [3.63, 3.8) is 0 Å². The molecule has 0 bridgehead atoms. The van der Waals surface area contributed by atoms with Gasteiger partial charge in [-0.15, -0.1) is 11.8 Å². The van der Waals surface area contributed by atoms with Gasteiger partial charge in [0.1, 0.15) is 0 Å². The van der Waals surface area contributed by atoms with Gasteiger partial charge < -0.3 is 25.8 Å². The van der Waals surface area contributed by atoms with Gasteiger partial charge in [0, 0.05) is 62.9 Å². The molecule has 24 heteroatoms. The van der Waals surface area contributed by atoms with Crippen LogP contribution in [0.5, 0.6) is 11.5 Å². The van der Waals surface area contributed by atoms with Gasteiger partial charge in [0.05, 0.1) is 54.3 Å². The Kier molecular flexibility index (Phi) is 14.6. The van der Waals surface area contributed by atoms with Crippen LogP contribution in [0.15, 0.2) is 56.0 Å². The SMILES string of the molecule is C=CS(=O)(=O)CCNC(=O)CCCCNC(=O)CSc1c(Cl)c(Cl)c(C(=O)O)c(C2=c3cc4c(c(S(=O)(=O)O)c3Oc3c2cc2c(c3S(=O)(=O)O)NC(C)(C)C=C2C)=NC(C)(C)C=C4C)c1Cl. The molecule has 3 aromatic carbocycles. The van der Waals surface area contributed by atoms with Crippen LogP contribution < -0.4 is 31.3 Å². The van der Waals surface area contributed by atoms with Crippen LogP contribution in [0, 0.1) is 0 Å². The van der Waals surface area contributed by atoms with Gasteiger partial charge in [0.2, 0.25) is 11.8 Å². The van der Waals surface area contributed by atoms with E-state index in [0.717, 1.165) is 17.2 Å². The Morgan fingerprint density at radius 3 is 2.07 bits per heavy atom. The van der Waals surface area contributed by atoms with Crippen LogP contribution in [-0.2, 0) is 39.7 Å². The summed E-state index contributed by atoms with van der Waals surface area (Å²) in [4.78, 5) is 41.4. The zero-order chi connectivity index (χ0) is 49.9. The van der Waals surface area contributed by atoms with E-state index in [1.54, 1.807) is 53.7 Å². The second kappa shape index (κ2) is 18.8. The minimum absolute atomic E-state index is 0.0628. The summed E-state index contributed by atoms with van der Waals surface area (Å²) in [6.07, 6.45) is 4.29. The molecule has 0 saturated heterocycles. The highest BCUT2D eigenvalue weighted by molar-refractivity contribution is 8.00. The lowest BCUT2D eigenvalue weighted by Gasteiger charge is -2.35. The molecule has 0 aliphatic carbocycles. The van der Waals surface area contributed by atoms with E-state index in [-0.39, 0.29) is 85.4 Å². The van der Waals surface area contributed by atoms with Gasteiger partial charge >= 0.3 is 5.97 Å². The average Bonchev–Trinajstić information content (AvgIpc) is 3.18. The molecular formula is C43H45Cl3N4O13S4. The Morgan fingerprint density at radius 1 is 0.836 bits per heavy atom. The Balaban J connectivity index is 1.55. The first kappa shape index (κ1) is 51.9. The minimum atomic E-state index is -5.35. The number of carboxylic acids is 1. The summed E-state index contributed by atoms with van der Waals surface area (Å²) >= 11 is 21.5. The molecule has 3 aliphatic rings. The lowest BCUT2D eigenvalue weighted by Crippen LogP contribution is -2.35. The van der Waals surface area contributed by atoms with E-state index in [9.17, 15) is 53.8 Å². The summed E-state index contributed by atoms with van der Waals surface area (Å²) in [5, 5.41) is 18.1. The number of halogens is 3. The second-order valence-electron chi connectivity index (χ2n) is 17.0. The zero-order valence-electron chi connectivity index (χ0n) is 36.7. The molecule has 0 atom stereocenters. The molecule has 0 spiro atoms. The molecule has 2 amide bonds. The van der Waals surface area contributed by atoms with Crippen molar-refractivity contribution in [3.8, 4) is 11.5 Å². The molecule has 17 nitrogen and oxygen atoms in total. The standard InChI is InChI=1S/C43H45Cl3N4O13S4/c1-8-65(55,56)14-13-48-26(51)11-9-10-12-47-27(52)19-64-38-32(45)29(30(41(53)54)31(44)33(38)46)28-24-15-22-20(2)17-42(4,5)49-34(22)39(66(57,58)59)36(24)63-37-25(28)16-23-21(3)18-43(6,7)50-35(23)40(37)67(60,61)62/h8,15-18,49H,1,9-14,19H2,2-7H3,(H,47,52)(H,48,51)(H,53,54)(H,57,58,59)(H,60,61,62). The van der Waals surface area contributed by atoms with Crippen LogP contribution in [0.4, 0.5) is 5.69 Å². The number of sulfone groups is 1. The highest BCUT2D eigenvalue weighted by Gasteiger charge is 2.41. The lowest BCUT2D eigenvalue weighted by molar-refractivity contribution is -0.121. The van der Waals surface area contributed by atoms with Gasteiger partial charge in [0.25, 0.3) is 20.2 Å². The maximum Gasteiger partial charge on any atom is 0.337 e. The number of thioether (sulfide) groups is 1. The monoisotopic (exact) mass is 1060 g/mol. The first-order valence-electron chi connectivity index (χ1n) is 20.2. The van der Waals surface area contributed by atoms with Crippen molar-refractivity contribution >= 4 is 117 Å². The topological polar surface area (TPSA) is 272 Å². The van der Waals surface area contributed by atoms with Crippen molar-refractivity contribution in [2.75, 3.05) is 29.9 Å². The number of ether oxygens (including phenoxy) is 1. The largest absolute Gasteiger partial charge is 0.478 e. The number of fused-ring (bicyclic) bond motifs is 4. The van der Waals surface area contributed by atoms with Crippen molar-refractivity contribution in [3.05, 3.63) is 89.7 Å². The molecule has 6 N–H and O–H groups in total. The first-order chi connectivity index (χ1) is 30.9. The van der Waals surface area contributed by atoms with Gasteiger partial charge in [-0.05, 0) is 77.7 Å². The Morgan fingerprint density at radius 2 is 1.46 bits per heavy atom. The number of rotatable bonds is 16. The van der Waals surface area contributed by atoms with Gasteiger partial charge in [-0.2, -0.15) is 16.8 Å². The molecular weight excluding hydrogens is 1020 g/mol. The number of nitrogens with zero attached hydrogens (tertiary/aromatic N) is 1. The number of nitrogens with one attached hydrogen (secondary N) is 3. The van der Waals surface area contributed by atoms with Crippen LogP contribution in [0.2, 0.25) is 15.1 Å². The number of benzene rings is 3. The quantitative estimate of drug-likeness (QED) is 0.0296. The Labute approximate surface area is 406 Å². The zero-order valence-corrected chi connectivity index (χ0v) is 42.2. The number of aromatic carboxylic acids is 1. The lowest BCUT2D eigenvalue weighted by atomic mass is 9.84. The number of unbranched alkanes of at least 4 members (excludes halogenated alkanes) is 1. The number of carbonyl (C=O) groups is 3. The van der Waals surface area contributed by atoms with Crippen LogP contribution in [0.25, 0.3) is 16.7 Å². The Bertz CT molecular complexity index is 3260. The number of carbonyl (C=O) groups excluding carboxylic acids is 2. The fourth-order valence-corrected chi connectivity index (χ4v) is 12.3. The third-order valence-corrected chi connectivity index (χ3v) is 16.4. The van der Waals surface area contributed by atoms with Gasteiger partial charge in [-0.25, -0.2) is 13.2 Å². The fourth-order valence-electron chi connectivity index (χ4n) is 8.13. The molecule has 360 valence electrons. The van der Waals surface area contributed by atoms with E-state index in [2.05, 4.69) is 27.5 Å². The first-order valence-corrected chi connectivity index (χ1v) is 26.9. The van der Waals surface area contributed by atoms with Crippen LogP contribution in [-0.4, -0.2) is 92.9 Å². The maximum absolute atomic E-state index is 13.6. The molecule has 0 fully saturated rings. The van der Waals surface area contributed by atoms with Crippen molar-refractivity contribution in [2.24, 2.45) is 4.99 Å². The molecule has 0 unspecified atom stereocenters. The van der Waals surface area contributed by atoms with Gasteiger partial charge in [-0.3, -0.25) is 23.7 Å². The van der Waals surface area contributed by atoms with Crippen molar-refractivity contribution in [1.29, 1.82) is 0 Å². The Hall–Kier alpha value is -4.45. The summed E-state index contributed by atoms with van der Waals surface area (Å²) in [5.74, 6) is -4.60. The van der Waals surface area contributed by atoms with E-state index in [1.165, 1.54) is 12.1 Å². The highest BCUT2D eigenvalue weighted by atomic mass is 35.5. The molecule has 0 aromatic heterocycles. The van der Waals surface area contributed by atoms with Gasteiger partial charge in [-0.1, -0.05) is 53.5 Å². The normalized spacial score (nSPS) is 15.8. The van der Waals surface area contributed by atoms with E-state index in [0.29, 0.717) is 24.0 Å².